The molecule has 2 rings (SSSR count). The van der Waals surface area contributed by atoms with Crippen LogP contribution in [0.4, 0.5) is 21.8 Å². The Bertz CT molecular complexity index is 786. The predicted molar refractivity (Wildman–Crippen MR) is 85.2 cm³/mol. The van der Waals surface area contributed by atoms with E-state index in [1.807, 2.05) is 0 Å². The molecule has 1 heterocycles. The molecular formula is C12H10BrFN6O3. The van der Waals surface area contributed by atoms with E-state index >= 15 is 0 Å². The number of nitrogens with one attached hydrogen (secondary N) is 2. The van der Waals surface area contributed by atoms with Crippen LogP contribution in [0, 0.1) is 15.9 Å². The molecule has 0 aliphatic carbocycles. The summed E-state index contributed by atoms with van der Waals surface area (Å²) in [7, 11) is 1.50. The number of aromatic nitrogens is 2. The highest BCUT2D eigenvalue weighted by Gasteiger charge is 2.17. The second kappa shape index (κ2) is 6.96. The van der Waals surface area contributed by atoms with Crippen molar-refractivity contribution < 1.29 is 14.4 Å². The van der Waals surface area contributed by atoms with Crippen molar-refractivity contribution in [2.24, 2.45) is 5.10 Å². The molecule has 0 aliphatic rings. The van der Waals surface area contributed by atoms with Crippen LogP contribution in [0.2, 0.25) is 0 Å². The number of hydrogen-bond acceptors (Lipinski definition) is 8. The summed E-state index contributed by atoms with van der Waals surface area (Å²) >= 11 is 3.11. The molecule has 120 valence electrons. The molecule has 0 spiro atoms. The number of rotatable bonds is 5. The highest BCUT2D eigenvalue weighted by Crippen LogP contribution is 2.32. The van der Waals surface area contributed by atoms with Gasteiger partial charge in [-0.1, -0.05) is 15.9 Å². The van der Waals surface area contributed by atoms with Crippen molar-refractivity contribution >= 4 is 39.6 Å². The van der Waals surface area contributed by atoms with Gasteiger partial charge in [0.05, 0.1) is 17.3 Å². The zero-order valence-corrected chi connectivity index (χ0v) is 13.2. The minimum Gasteiger partial charge on any atom is -0.502 e. The van der Waals surface area contributed by atoms with Gasteiger partial charge < -0.3 is 10.4 Å². The molecule has 0 fully saturated rings. The molecule has 0 bridgehead atoms. The minimum atomic E-state index is -0.715. The van der Waals surface area contributed by atoms with E-state index in [0.29, 0.717) is 4.47 Å². The highest BCUT2D eigenvalue weighted by molar-refractivity contribution is 9.10. The van der Waals surface area contributed by atoms with E-state index < -0.39 is 22.2 Å². The lowest BCUT2D eigenvalue weighted by molar-refractivity contribution is -0.385. The Morgan fingerprint density at radius 3 is 2.91 bits per heavy atom. The second-order valence-electron chi connectivity index (χ2n) is 4.13. The van der Waals surface area contributed by atoms with E-state index in [1.165, 1.54) is 19.2 Å². The van der Waals surface area contributed by atoms with Gasteiger partial charge in [-0.2, -0.15) is 10.1 Å². The number of nitro groups is 1. The fourth-order valence-electron chi connectivity index (χ4n) is 1.60. The molecule has 0 radical (unpaired) electrons. The van der Waals surface area contributed by atoms with E-state index in [4.69, 9.17) is 0 Å². The molecule has 3 N–H and O–H groups in total. The number of halogens is 2. The number of nitrogens with zero attached hydrogens (tertiary/aromatic N) is 4. The smallest absolute Gasteiger partial charge is 0.312 e. The standard InChI is InChI=1S/C12H10BrFN6O3/c1-15-11-8(14)5-16-12(18-11)19-17-4-6-2-7(13)3-9(10(6)21)20(22)23/h2-5,21H,1H3,(H2,15,16,18,19). The van der Waals surface area contributed by atoms with E-state index in [1.54, 1.807) is 0 Å². The Balaban J connectivity index is 2.23. The maximum Gasteiger partial charge on any atom is 0.312 e. The van der Waals surface area contributed by atoms with Crippen molar-refractivity contribution in [2.75, 3.05) is 17.8 Å². The highest BCUT2D eigenvalue weighted by atomic mass is 79.9. The fraction of sp³-hybridized carbons (Fsp3) is 0.0833. The van der Waals surface area contributed by atoms with Gasteiger partial charge in [0.2, 0.25) is 11.7 Å². The summed E-state index contributed by atoms with van der Waals surface area (Å²) in [6.45, 7) is 0. The number of benzene rings is 1. The van der Waals surface area contributed by atoms with Crippen LogP contribution in [0.3, 0.4) is 0 Å². The van der Waals surface area contributed by atoms with Gasteiger partial charge in [0.25, 0.3) is 0 Å². The Morgan fingerprint density at radius 2 is 2.26 bits per heavy atom. The summed E-state index contributed by atoms with van der Waals surface area (Å²) in [5.74, 6) is -1.16. The van der Waals surface area contributed by atoms with Crippen LogP contribution in [0.15, 0.2) is 27.9 Å². The lowest BCUT2D eigenvalue weighted by atomic mass is 10.2. The third kappa shape index (κ3) is 3.88. The van der Waals surface area contributed by atoms with Gasteiger partial charge in [-0.25, -0.2) is 14.8 Å². The van der Waals surface area contributed by atoms with Crippen LogP contribution in [0.1, 0.15) is 5.56 Å². The van der Waals surface area contributed by atoms with Crippen LogP contribution in [-0.4, -0.2) is 33.3 Å². The lowest BCUT2D eigenvalue weighted by Crippen LogP contribution is -2.03. The summed E-state index contributed by atoms with van der Waals surface area (Å²) in [5.41, 5.74) is 2.08. The first kappa shape index (κ1) is 16.5. The molecule has 0 saturated heterocycles. The predicted octanol–water partition coefficient (Wildman–Crippen LogP) is 2.48. The average Bonchev–Trinajstić information content (AvgIpc) is 2.51. The molecular weight excluding hydrogens is 375 g/mol. The van der Waals surface area contributed by atoms with Gasteiger partial charge in [-0.3, -0.25) is 10.1 Å². The molecule has 0 saturated carbocycles. The van der Waals surface area contributed by atoms with Crippen molar-refractivity contribution in [3.63, 3.8) is 0 Å². The van der Waals surface area contributed by atoms with Crippen molar-refractivity contribution in [1.29, 1.82) is 0 Å². The van der Waals surface area contributed by atoms with Gasteiger partial charge in [-0.05, 0) is 6.07 Å². The van der Waals surface area contributed by atoms with Crippen LogP contribution in [0.5, 0.6) is 5.75 Å². The molecule has 0 amide bonds. The molecule has 2 aromatic rings. The Morgan fingerprint density at radius 1 is 1.52 bits per heavy atom. The number of hydrazone groups is 1. The molecule has 0 aliphatic heterocycles. The average molecular weight is 385 g/mol. The van der Waals surface area contributed by atoms with Gasteiger partial charge in [0, 0.05) is 23.2 Å². The van der Waals surface area contributed by atoms with E-state index in [0.717, 1.165) is 12.4 Å². The van der Waals surface area contributed by atoms with Crippen molar-refractivity contribution in [1.82, 2.24) is 9.97 Å². The second-order valence-corrected chi connectivity index (χ2v) is 5.05. The van der Waals surface area contributed by atoms with Gasteiger partial charge >= 0.3 is 5.69 Å². The zero-order chi connectivity index (χ0) is 17.0. The number of phenolic OH excluding ortho intramolecular Hbond substituents is 1. The maximum atomic E-state index is 13.2. The van der Waals surface area contributed by atoms with Crippen LogP contribution < -0.4 is 10.7 Å². The van der Waals surface area contributed by atoms with Gasteiger partial charge in [0.1, 0.15) is 0 Å². The van der Waals surface area contributed by atoms with E-state index in [9.17, 15) is 19.6 Å². The van der Waals surface area contributed by atoms with Crippen LogP contribution >= 0.6 is 15.9 Å². The third-order valence-electron chi connectivity index (χ3n) is 2.63. The Kier molecular flexibility index (Phi) is 5.01. The first-order chi connectivity index (χ1) is 10.9. The summed E-state index contributed by atoms with van der Waals surface area (Å²) in [6, 6.07) is 2.61. The maximum absolute atomic E-state index is 13.2. The Labute approximate surface area is 137 Å². The lowest BCUT2D eigenvalue weighted by Gasteiger charge is -2.04. The molecule has 11 heteroatoms. The largest absolute Gasteiger partial charge is 0.502 e. The molecule has 23 heavy (non-hydrogen) atoms. The third-order valence-corrected chi connectivity index (χ3v) is 3.09. The van der Waals surface area contributed by atoms with Crippen LogP contribution in [-0.2, 0) is 0 Å². The molecule has 0 atom stereocenters. The SMILES string of the molecule is CNc1nc(NN=Cc2cc(Br)cc([N+](=O)[O-])c2O)ncc1F. The zero-order valence-electron chi connectivity index (χ0n) is 11.6. The molecule has 9 nitrogen and oxygen atoms in total. The number of aromatic hydroxyl groups is 1. The normalized spacial score (nSPS) is 10.7. The Hall–Kier alpha value is -2.82. The summed E-state index contributed by atoms with van der Waals surface area (Å²) in [5, 5.41) is 27.0. The molecule has 0 unspecified atom stereocenters. The monoisotopic (exact) mass is 384 g/mol. The first-order valence-corrected chi connectivity index (χ1v) is 6.88. The summed E-state index contributed by atoms with van der Waals surface area (Å²) in [4.78, 5) is 17.6. The number of hydrogen-bond donors (Lipinski definition) is 3. The minimum absolute atomic E-state index is 0.0102. The van der Waals surface area contributed by atoms with E-state index in [2.05, 4.69) is 41.7 Å². The fourth-order valence-corrected chi connectivity index (χ4v) is 2.06. The number of nitro benzene ring substituents is 1. The first-order valence-electron chi connectivity index (χ1n) is 6.08. The number of anilines is 2. The van der Waals surface area contributed by atoms with E-state index in [-0.39, 0.29) is 17.3 Å². The van der Waals surface area contributed by atoms with Gasteiger partial charge in [-0.15, -0.1) is 0 Å². The quantitative estimate of drug-likeness (QED) is 0.410. The topological polar surface area (TPSA) is 126 Å². The number of phenols is 1. The molecule has 1 aromatic carbocycles. The van der Waals surface area contributed by atoms with Crippen molar-refractivity contribution in [3.8, 4) is 5.75 Å². The van der Waals surface area contributed by atoms with Crippen molar-refractivity contribution in [3.05, 3.63) is 44.3 Å². The summed E-state index contributed by atoms with van der Waals surface area (Å²) < 4.78 is 13.6. The van der Waals surface area contributed by atoms with Crippen LogP contribution in [0.25, 0.3) is 0 Å². The summed E-state index contributed by atoms with van der Waals surface area (Å²) in [6.07, 6.45) is 2.11. The molecule has 1 aromatic heterocycles. The van der Waals surface area contributed by atoms with Crippen molar-refractivity contribution in [2.45, 2.75) is 0 Å². The van der Waals surface area contributed by atoms with Gasteiger partial charge in [0.15, 0.2) is 11.6 Å².